The molecule has 3 atom stereocenters. The number of anilines is 2. The first-order valence-corrected chi connectivity index (χ1v) is 8.84. The molecule has 2 bridgehead atoms. The molecule has 22 heavy (non-hydrogen) atoms. The summed E-state index contributed by atoms with van der Waals surface area (Å²) in [4.78, 5) is 14.6. The van der Waals surface area contributed by atoms with E-state index in [1.165, 1.54) is 31.4 Å². The van der Waals surface area contributed by atoms with Crippen LogP contribution in [-0.4, -0.2) is 19.0 Å². The van der Waals surface area contributed by atoms with Crippen molar-refractivity contribution in [1.29, 1.82) is 0 Å². The Bertz CT molecular complexity index is 507. The molecule has 2 saturated carbocycles. The molecule has 0 heterocycles. The predicted molar refractivity (Wildman–Crippen MR) is 92.2 cm³/mol. The van der Waals surface area contributed by atoms with Gasteiger partial charge in [0.1, 0.15) is 0 Å². The van der Waals surface area contributed by atoms with E-state index < -0.39 is 0 Å². The van der Waals surface area contributed by atoms with E-state index in [1.54, 1.807) is 0 Å². The summed E-state index contributed by atoms with van der Waals surface area (Å²) in [6, 6.07) is 8.24. The van der Waals surface area contributed by atoms with E-state index in [9.17, 15) is 4.79 Å². The molecule has 3 rings (SSSR count). The quantitative estimate of drug-likeness (QED) is 0.849. The van der Waals surface area contributed by atoms with Crippen molar-refractivity contribution >= 4 is 17.3 Å². The summed E-state index contributed by atoms with van der Waals surface area (Å²) in [5, 5.41) is 3.07. The summed E-state index contributed by atoms with van der Waals surface area (Å²) in [6.45, 7) is 6.34. The Balaban J connectivity index is 1.53. The van der Waals surface area contributed by atoms with E-state index in [0.717, 1.165) is 30.6 Å². The van der Waals surface area contributed by atoms with Gasteiger partial charge < -0.3 is 10.2 Å². The van der Waals surface area contributed by atoms with Crippen LogP contribution in [0.5, 0.6) is 0 Å². The van der Waals surface area contributed by atoms with Crippen molar-refractivity contribution in [2.45, 2.75) is 46.0 Å². The zero-order valence-corrected chi connectivity index (χ0v) is 13.8. The maximum Gasteiger partial charge on any atom is 0.224 e. The fourth-order valence-corrected chi connectivity index (χ4v) is 4.42. The van der Waals surface area contributed by atoms with Crippen LogP contribution in [0.4, 0.5) is 11.4 Å². The van der Waals surface area contributed by atoms with Crippen molar-refractivity contribution in [2.24, 2.45) is 17.8 Å². The van der Waals surface area contributed by atoms with Gasteiger partial charge in [0.15, 0.2) is 0 Å². The normalized spacial score (nSPS) is 26.2. The first kappa shape index (κ1) is 15.4. The monoisotopic (exact) mass is 300 g/mol. The largest absolute Gasteiger partial charge is 0.372 e. The van der Waals surface area contributed by atoms with Crippen LogP contribution in [-0.2, 0) is 4.79 Å². The SMILES string of the molecule is CCN(CC)c1ccc(NC(=O)C[C@@H]2C[C@H]3CC[C@@H]2C3)cc1. The van der Waals surface area contributed by atoms with E-state index in [-0.39, 0.29) is 5.91 Å². The Morgan fingerprint density at radius 2 is 1.86 bits per heavy atom. The molecule has 1 aromatic carbocycles. The molecular weight excluding hydrogens is 272 g/mol. The highest BCUT2D eigenvalue weighted by atomic mass is 16.1. The first-order chi connectivity index (χ1) is 10.7. The van der Waals surface area contributed by atoms with Crippen LogP contribution in [0, 0.1) is 17.8 Å². The zero-order chi connectivity index (χ0) is 15.5. The maximum atomic E-state index is 12.3. The van der Waals surface area contributed by atoms with Gasteiger partial charge in [-0.25, -0.2) is 0 Å². The molecule has 0 unspecified atom stereocenters. The number of amides is 1. The van der Waals surface area contributed by atoms with E-state index in [1.807, 2.05) is 12.1 Å². The van der Waals surface area contributed by atoms with Gasteiger partial charge in [-0.05, 0) is 75.1 Å². The number of hydrogen-bond acceptors (Lipinski definition) is 2. The minimum absolute atomic E-state index is 0.188. The van der Waals surface area contributed by atoms with Crippen molar-refractivity contribution in [3.8, 4) is 0 Å². The Hall–Kier alpha value is -1.51. The van der Waals surface area contributed by atoms with Crippen LogP contribution in [0.2, 0.25) is 0 Å². The molecule has 0 aromatic heterocycles. The van der Waals surface area contributed by atoms with Crippen LogP contribution < -0.4 is 10.2 Å². The number of fused-ring (bicyclic) bond motifs is 2. The minimum atomic E-state index is 0.188. The summed E-state index contributed by atoms with van der Waals surface area (Å²) in [6.07, 6.45) is 6.10. The lowest BCUT2D eigenvalue weighted by Gasteiger charge is -2.22. The second kappa shape index (κ2) is 6.72. The van der Waals surface area contributed by atoms with Crippen LogP contribution in [0.15, 0.2) is 24.3 Å². The van der Waals surface area contributed by atoms with Crippen molar-refractivity contribution in [2.75, 3.05) is 23.3 Å². The molecule has 1 aromatic rings. The summed E-state index contributed by atoms with van der Waals surface area (Å²) in [5.74, 6) is 2.55. The Morgan fingerprint density at radius 3 is 2.41 bits per heavy atom. The Labute approximate surface area is 134 Å². The fourth-order valence-electron chi connectivity index (χ4n) is 4.42. The van der Waals surface area contributed by atoms with Gasteiger partial charge in [-0.15, -0.1) is 0 Å². The topological polar surface area (TPSA) is 32.3 Å². The summed E-state index contributed by atoms with van der Waals surface area (Å²) in [5.41, 5.74) is 2.14. The third-order valence-corrected chi connectivity index (χ3v) is 5.61. The lowest BCUT2D eigenvalue weighted by atomic mass is 9.86. The standard InChI is InChI=1S/C19H28N2O/c1-3-21(4-2)18-9-7-17(8-10-18)20-19(22)13-16-12-14-5-6-15(16)11-14/h7-10,14-16H,3-6,11-13H2,1-2H3,(H,20,22)/t14-,15+,16-/m0/s1. The van der Waals surface area contributed by atoms with Crippen LogP contribution >= 0.6 is 0 Å². The number of nitrogens with zero attached hydrogens (tertiary/aromatic N) is 1. The second-order valence-corrected chi connectivity index (χ2v) is 6.91. The summed E-state index contributed by atoms with van der Waals surface area (Å²) in [7, 11) is 0. The van der Waals surface area contributed by atoms with Gasteiger partial charge in [0.2, 0.25) is 5.91 Å². The number of carbonyl (C=O) groups excluding carboxylic acids is 1. The highest BCUT2D eigenvalue weighted by Crippen LogP contribution is 2.49. The summed E-state index contributed by atoms with van der Waals surface area (Å²) < 4.78 is 0. The van der Waals surface area contributed by atoms with Gasteiger partial charge in [0.25, 0.3) is 0 Å². The van der Waals surface area contributed by atoms with Crippen molar-refractivity contribution < 1.29 is 4.79 Å². The molecule has 1 amide bonds. The molecule has 2 fully saturated rings. The number of hydrogen-bond donors (Lipinski definition) is 1. The predicted octanol–water partition coefficient (Wildman–Crippen LogP) is 4.30. The molecule has 0 saturated heterocycles. The third-order valence-electron chi connectivity index (χ3n) is 5.61. The maximum absolute atomic E-state index is 12.3. The van der Waals surface area contributed by atoms with E-state index in [2.05, 4.69) is 36.2 Å². The number of nitrogens with one attached hydrogen (secondary N) is 1. The Kier molecular flexibility index (Phi) is 4.70. The van der Waals surface area contributed by atoms with E-state index in [4.69, 9.17) is 0 Å². The number of carbonyl (C=O) groups is 1. The molecule has 120 valence electrons. The van der Waals surface area contributed by atoms with Gasteiger partial charge in [-0.1, -0.05) is 6.42 Å². The van der Waals surface area contributed by atoms with Crippen LogP contribution in [0.25, 0.3) is 0 Å². The van der Waals surface area contributed by atoms with E-state index >= 15 is 0 Å². The lowest BCUT2D eigenvalue weighted by Crippen LogP contribution is -2.22. The third kappa shape index (κ3) is 3.29. The first-order valence-electron chi connectivity index (χ1n) is 8.84. The molecule has 3 nitrogen and oxygen atoms in total. The molecule has 0 radical (unpaired) electrons. The second-order valence-electron chi connectivity index (χ2n) is 6.91. The molecule has 0 aliphatic heterocycles. The highest BCUT2D eigenvalue weighted by molar-refractivity contribution is 5.91. The fraction of sp³-hybridized carbons (Fsp3) is 0.632. The van der Waals surface area contributed by atoms with Gasteiger partial charge >= 0.3 is 0 Å². The average molecular weight is 300 g/mol. The van der Waals surface area contributed by atoms with Crippen molar-refractivity contribution in [1.82, 2.24) is 0 Å². The number of rotatable bonds is 6. The summed E-state index contributed by atoms with van der Waals surface area (Å²) >= 11 is 0. The molecule has 3 heteroatoms. The zero-order valence-electron chi connectivity index (χ0n) is 13.8. The Morgan fingerprint density at radius 1 is 1.14 bits per heavy atom. The van der Waals surface area contributed by atoms with Crippen molar-refractivity contribution in [3.63, 3.8) is 0 Å². The molecular formula is C19H28N2O. The lowest BCUT2D eigenvalue weighted by molar-refractivity contribution is -0.117. The minimum Gasteiger partial charge on any atom is -0.372 e. The van der Waals surface area contributed by atoms with Crippen molar-refractivity contribution in [3.05, 3.63) is 24.3 Å². The average Bonchev–Trinajstić information content (AvgIpc) is 3.12. The smallest absolute Gasteiger partial charge is 0.224 e. The molecule has 2 aliphatic carbocycles. The number of benzene rings is 1. The van der Waals surface area contributed by atoms with Gasteiger partial charge in [0, 0.05) is 30.9 Å². The van der Waals surface area contributed by atoms with Crippen LogP contribution in [0.1, 0.15) is 46.0 Å². The van der Waals surface area contributed by atoms with Gasteiger partial charge in [0.05, 0.1) is 0 Å². The van der Waals surface area contributed by atoms with E-state index in [0.29, 0.717) is 12.3 Å². The highest BCUT2D eigenvalue weighted by Gasteiger charge is 2.40. The molecule has 2 aliphatic rings. The molecule has 0 spiro atoms. The van der Waals surface area contributed by atoms with Gasteiger partial charge in [-0.2, -0.15) is 0 Å². The molecule has 1 N–H and O–H groups in total. The van der Waals surface area contributed by atoms with Gasteiger partial charge in [-0.3, -0.25) is 4.79 Å². The van der Waals surface area contributed by atoms with Crippen LogP contribution in [0.3, 0.4) is 0 Å².